The van der Waals surface area contributed by atoms with Gasteiger partial charge < -0.3 is 5.32 Å². The third-order valence-corrected chi connectivity index (χ3v) is 5.84. The molecule has 4 rings (SSSR count). The summed E-state index contributed by atoms with van der Waals surface area (Å²) in [6.07, 6.45) is 0. The summed E-state index contributed by atoms with van der Waals surface area (Å²) in [5.74, 6) is -1.57. The zero-order valence-corrected chi connectivity index (χ0v) is 17.7. The van der Waals surface area contributed by atoms with Gasteiger partial charge in [0.1, 0.15) is 6.04 Å². The molecule has 0 bridgehead atoms. The van der Waals surface area contributed by atoms with E-state index in [1.807, 2.05) is 50.4 Å². The van der Waals surface area contributed by atoms with E-state index in [1.54, 1.807) is 24.3 Å². The second kappa shape index (κ2) is 7.84. The Morgan fingerprint density at radius 1 is 1.00 bits per heavy atom. The van der Waals surface area contributed by atoms with Gasteiger partial charge in [0.15, 0.2) is 5.13 Å². The number of imide groups is 1. The smallest absolute Gasteiger partial charge is 0.262 e. The Hall–Kier alpha value is -3.32. The van der Waals surface area contributed by atoms with Crippen molar-refractivity contribution in [3.63, 3.8) is 0 Å². The fourth-order valence-corrected chi connectivity index (χ4v) is 4.27. The lowest BCUT2D eigenvalue weighted by molar-refractivity contribution is -0.121. The second-order valence-electron chi connectivity index (χ2n) is 7.61. The molecule has 0 radical (unpaired) electrons. The Balaban J connectivity index is 1.56. The summed E-state index contributed by atoms with van der Waals surface area (Å²) < 4.78 is 0. The van der Waals surface area contributed by atoms with Crippen molar-refractivity contribution in [2.75, 3.05) is 5.32 Å². The molecule has 152 valence electrons. The highest BCUT2D eigenvalue weighted by Gasteiger charge is 2.44. The first-order chi connectivity index (χ1) is 14.4. The molecule has 3 amide bonds. The SMILES string of the molecule is Cc1ccc(-c2csc(NC(=O)[C@H](C(C)C)N3C(=O)c4ccccc4C3=O)n2)cc1. The van der Waals surface area contributed by atoms with Crippen LogP contribution in [-0.2, 0) is 4.79 Å². The van der Waals surface area contributed by atoms with E-state index in [2.05, 4.69) is 10.3 Å². The van der Waals surface area contributed by atoms with Crippen LogP contribution in [0.3, 0.4) is 0 Å². The van der Waals surface area contributed by atoms with E-state index in [0.29, 0.717) is 16.3 Å². The molecule has 0 spiro atoms. The number of carbonyl (C=O) groups excluding carboxylic acids is 3. The highest BCUT2D eigenvalue weighted by atomic mass is 32.1. The highest BCUT2D eigenvalue weighted by Crippen LogP contribution is 2.29. The number of thiazole rings is 1. The van der Waals surface area contributed by atoms with Gasteiger partial charge >= 0.3 is 0 Å². The largest absolute Gasteiger partial charge is 0.300 e. The number of amides is 3. The Morgan fingerprint density at radius 3 is 2.17 bits per heavy atom. The number of aromatic nitrogens is 1. The fraction of sp³-hybridized carbons (Fsp3) is 0.217. The number of rotatable bonds is 5. The molecule has 6 nitrogen and oxygen atoms in total. The van der Waals surface area contributed by atoms with Crippen LogP contribution in [0.4, 0.5) is 5.13 Å². The van der Waals surface area contributed by atoms with Crippen LogP contribution in [-0.4, -0.2) is 33.6 Å². The lowest BCUT2D eigenvalue weighted by Crippen LogP contribution is -2.50. The molecule has 1 aliphatic heterocycles. The van der Waals surface area contributed by atoms with Crippen molar-refractivity contribution in [1.82, 2.24) is 9.88 Å². The number of aryl methyl sites for hydroxylation is 1. The van der Waals surface area contributed by atoms with Gasteiger partial charge in [-0.15, -0.1) is 11.3 Å². The summed E-state index contributed by atoms with van der Waals surface area (Å²) in [6.45, 7) is 5.64. The van der Waals surface area contributed by atoms with Crippen molar-refractivity contribution in [3.8, 4) is 11.3 Å². The molecule has 30 heavy (non-hydrogen) atoms. The molecule has 2 aromatic carbocycles. The van der Waals surface area contributed by atoms with Gasteiger partial charge in [0, 0.05) is 10.9 Å². The Kier molecular flexibility index (Phi) is 5.22. The van der Waals surface area contributed by atoms with Gasteiger partial charge in [0.2, 0.25) is 5.91 Å². The van der Waals surface area contributed by atoms with Crippen LogP contribution < -0.4 is 5.32 Å². The molecule has 0 aliphatic carbocycles. The van der Waals surface area contributed by atoms with Crippen molar-refractivity contribution in [1.29, 1.82) is 0 Å². The molecule has 0 fully saturated rings. The molecular formula is C23H21N3O3S. The van der Waals surface area contributed by atoms with Crippen LogP contribution in [0.5, 0.6) is 0 Å². The van der Waals surface area contributed by atoms with Crippen molar-refractivity contribution >= 4 is 34.2 Å². The highest BCUT2D eigenvalue weighted by molar-refractivity contribution is 7.14. The zero-order valence-electron chi connectivity index (χ0n) is 16.9. The minimum absolute atomic E-state index is 0.260. The van der Waals surface area contributed by atoms with Gasteiger partial charge in [-0.05, 0) is 25.0 Å². The predicted molar refractivity (Wildman–Crippen MR) is 116 cm³/mol. The lowest BCUT2D eigenvalue weighted by Gasteiger charge is -2.27. The summed E-state index contributed by atoms with van der Waals surface area (Å²) >= 11 is 1.31. The minimum atomic E-state index is -0.927. The summed E-state index contributed by atoms with van der Waals surface area (Å²) in [4.78, 5) is 44.3. The van der Waals surface area contributed by atoms with E-state index < -0.39 is 23.8 Å². The van der Waals surface area contributed by atoms with Gasteiger partial charge in [-0.25, -0.2) is 4.98 Å². The minimum Gasteiger partial charge on any atom is -0.300 e. The number of benzene rings is 2. The molecular weight excluding hydrogens is 398 g/mol. The number of hydrogen-bond acceptors (Lipinski definition) is 5. The van der Waals surface area contributed by atoms with E-state index >= 15 is 0 Å². The van der Waals surface area contributed by atoms with Crippen LogP contribution in [0.1, 0.15) is 40.1 Å². The maximum Gasteiger partial charge on any atom is 0.262 e. The van der Waals surface area contributed by atoms with Gasteiger partial charge in [-0.3, -0.25) is 19.3 Å². The second-order valence-corrected chi connectivity index (χ2v) is 8.47. The van der Waals surface area contributed by atoms with Crippen molar-refractivity contribution in [2.24, 2.45) is 5.92 Å². The van der Waals surface area contributed by atoms with Crippen molar-refractivity contribution in [2.45, 2.75) is 26.8 Å². The number of hydrogen-bond donors (Lipinski definition) is 1. The third kappa shape index (κ3) is 3.52. The summed E-state index contributed by atoms with van der Waals surface area (Å²) in [5, 5.41) is 5.09. The summed E-state index contributed by atoms with van der Waals surface area (Å²) in [5.41, 5.74) is 3.53. The third-order valence-electron chi connectivity index (χ3n) is 5.09. The van der Waals surface area contributed by atoms with Crippen LogP contribution in [0.2, 0.25) is 0 Å². The fourth-order valence-electron chi connectivity index (χ4n) is 3.55. The van der Waals surface area contributed by atoms with Crippen LogP contribution in [0.25, 0.3) is 11.3 Å². The number of nitrogens with one attached hydrogen (secondary N) is 1. The first-order valence-corrected chi connectivity index (χ1v) is 10.5. The van der Waals surface area contributed by atoms with E-state index in [0.717, 1.165) is 21.7 Å². The average molecular weight is 420 g/mol. The standard InChI is InChI=1S/C23H21N3O3S/c1-13(2)19(26-21(28)16-6-4-5-7-17(16)22(26)29)20(27)25-23-24-18(12-30-23)15-10-8-14(3)9-11-15/h4-13,19H,1-3H3,(H,24,25,27)/t19-/m0/s1. The topological polar surface area (TPSA) is 79.4 Å². The van der Waals surface area contributed by atoms with E-state index in [9.17, 15) is 14.4 Å². The number of nitrogens with zero attached hydrogens (tertiary/aromatic N) is 2. The average Bonchev–Trinajstić information content (AvgIpc) is 3.28. The molecule has 7 heteroatoms. The van der Waals surface area contributed by atoms with E-state index in [1.165, 1.54) is 11.3 Å². The maximum atomic E-state index is 13.1. The molecule has 1 aliphatic rings. The van der Waals surface area contributed by atoms with Crippen molar-refractivity contribution in [3.05, 3.63) is 70.6 Å². The molecule has 1 atom stereocenters. The quantitative estimate of drug-likeness (QED) is 0.623. The van der Waals surface area contributed by atoms with Crippen LogP contribution in [0.15, 0.2) is 53.9 Å². The summed E-state index contributed by atoms with van der Waals surface area (Å²) in [7, 11) is 0. The first kappa shape index (κ1) is 20.0. The van der Waals surface area contributed by atoms with Gasteiger partial charge in [0.05, 0.1) is 16.8 Å². The summed E-state index contributed by atoms with van der Waals surface area (Å²) in [6, 6.07) is 13.7. The molecule has 0 unspecified atom stereocenters. The molecule has 1 aromatic heterocycles. The van der Waals surface area contributed by atoms with Crippen LogP contribution in [0, 0.1) is 12.8 Å². The number of anilines is 1. The monoisotopic (exact) mass is 419 g/mol. The number of fused-ring (bicyclic) bond motifs is 1. The molecule has 0 saturated carbocycles. The Bertz CT molecular complexity index is 1100. The molecule has 2 heterocycles. The first-order valence-electron chi connectivity index (χ1n) is 9.67. The number of carbonyl (C=O) groups is 3. The van der Waals surface area contributed by atoms with Gasteiger partial charge in [-0.2, -0.15) is 0 Å². The van der Waals surface area contributed by atoms with E-state index in [-0.39, 0.29) is 5.92 Å². The Morgan fingerprint density at radius 2 is 1.60 bits per heavy atom. The van der Waals surface area contributed by atoms with Gasteiger partial charge in [-0.1, -0.05) is 55.8 Å². The van der Waals surface area contributed by atoms with Gasteiger partial charge in [0.25, 0.3) is 11.8 Å². The molecule has 3 aromatic rings. The molecule has 0 saturated heterocycles. The van der Waals surface area contributed by atoms with E-state index in [4.69, 9.17) is 0 Å². The maximum absolute atomic E-state index is 13.1. The lowest BCUT2D eigenvalue weighted by atomic mass is 10.0. The zero-order chi connectivity index (χ0) is 21.4. The Labute approximate surface area is 178 Å². The van der Waals surface area contributed by atoms with Crippen molar-refractivity contribution < 1.29 is 14.4 Å². The molecule has 1 N–H and O–H groups in total. The van der Waals surface area contributed by atoms with Crippen LogP contribution >= 0.6 is 11.3 Å². The predicted octanol–water partition coefficient (Wildman–Crippen LogP) is 4.38. The normalized spacial score (nSPS) is 14.2.